The van der Waals surface area contributed by atoms with Crippen molar-refractivity contribution in [2.24, 2.45) is 0 Å². The fourth-order valence-corrected chi connectivity index (χ4v) is 3.89. The Hall–Kier alpha value is -2.68. The van der Waals surface area contributed by atoms with E-state index in [0.717, 1.165) is 21.0 Å². The van der Waals surface area contributed by atoms with Crippen molar-refractivity contribution in [3.63, 3.8) is 0 Å². The van der Waals surface area contributed by atoms with E-state index in [9.17, 15) is 13.2 Å². The van der Waals surface area contributed by atoms with Crippen LogP contribution in [0.25, 0.3) is 11.0 Å². The van der Waals surface area contributed by atoms with Gasteiger partial charge < -0.3 is 9.73 Å². The number of nitrogens with one attached hydrogen (secondary N) is 1. The molecule has 0 bridgehead atoms. The summed E-state index contributed by atoms with van der Waals surface area (Å²) in [5.41, 5.74) is 1.20. The van der Waals surface area contributed by atoms with E-state index >= 15 is 0 Å². The minimum absolute atomic E-state index is 0.139. The molecule has 1 heterocycles. The number of likely N-dealkylation sites (N-methyl/N-ethyl adjacent to an activating group) is 1. The summed E-state index contributed by atoms with van der Waals surface area (Å²) >= 11 is 0. The highest BCUT2D eigenvalue weighted by Gasteiger charge is 2.21. The molecule has 0 fully saturated rings. The summed E-state index contributed by atoms with van der Waals surface area (Å²) in [5, 5.41) is 3.92. The third-order valence-electron chi connectivity index (χ3n) is 4.75. The van der Waals surface area contributed by atoms with Crippen LogP contribution in [0.4, 0.5) is 0 Å². The molecule has 3 aromatic rings. The van der Waals surface area contributed by atoms with Crippen LogP contribution in [-0.2, 0) is 10.0 Å². The maximum absolute atomic E-state index is 12.5. The lowest BCUT2D eigenvalue weighted by molar-refractivity contribution is 0.0939. The first-order chi connectivity index (χ1) is 13.7. The van der Waals surface area contributed by atoms with Crippen LogP contribution in [0.15, 0.2) is 63.9 Å². The number of furan rings is 1. The molecule has 0 saturated heterocycles. The Morgan fingerprint density at radius 2 is 1.69 bits per heavy atom. The number of sulfonamides is 1. The van der Waals surface area contributed by atoms with E-state index in [0.29, 0.717) is 12.1 Å². The lowest BCUT2D eigenvalue weighted by Gasteiger charge is -2.22. The van der Waals surface area contributed by atoms with Crippen LogP contribution in [0.5, 0.6) is 0 Å². The lowest BCUT2D eigenvalue weighted by atomic mass is 10.1. The maximum Gasteiger partial charge on any atom is 0.251 e. The molecule has 29 heavy (non-hydrogen) atoms. The number of carbonyl (C=O) groups is 1. The predicted molar refractivity (Wildman–Crippen MR) is 112 cm³/mol. The minimum Gasteiger partial charge on any atom is -0.459 e. The van der Waals surface area contributed by atoms with Crippen LogP contribution in [0.3, 0.4) is 0 Å². The van der Waals surface area contributed by atoms with Crippen LogP contribution in [0.1, 0.15) is 22.2 Å². The zero-order valence-electron chi connectivity index (χ0n) is 16.9. The van der Waals surface area contributed by atoms with Gasteiger partial charge in [0.05, 0.1) is 10.9 Å². The second-order valence-corrected chi connectivity index (χ2v) is 9.34. The summed E-state index contributed by atoms with van der Waals surface area (Å²) in [7, 11) is 3.26. The first-order valence-electron chi connectivity index (χ1n) is 9.16. The number of amides is 1. The van der Waals surface area contributed by atoms with Crippen molar-refractivity contribution < 1.29 is 17.6 Å². The van der Waals surface area contributed by atoms with E-state index < -0.39 is 10.0 Å². The van der Waals surface area contributed by atoms with Gasteiger partial charge in [-0.05, 0) is 50.5 Å². The second-order valence-electron chi connectivity index (χ2n) is 7.19. The Morgan fingerprint density at radius 1 is 1.03 bits per heavy atom. The number of hydrogen-bond acceptors (Lipinski definition) is 5. The van der Waals surface area contributed by atoms with Gasteiger partial charge in [0.2, 0.25) is 10.0 Å². The van der Waals surface area contributed by atoms with Crippen molar-refractivity contribution in [3.8, 4) is 0 Å². The van der Waals surface area contributed by atoms with Crippen LogP contribution in [0, 0.1) is 0 Å². The third-order valence-corrected chi connectivity index (χ3v) is 6.58. The van der Waals surface area contributed by atoms with E-state index in [-0.39, 0.29) is 16.8 Å². The monoisotopic (exact) mass is 415 g/mol. The standard InChI is InChI=1S/C21H25N3O4S/c1-23(2)18(20-13-16-7-5-6-8-19(16)28-20)14-22-21(25)15-9-11-17(12-10-15)29(26,27)24(3)4/h5-13,18H,14H2,1-4H3,(H,22,25)/t18-/m1/s1. The molecular formula is C21H25N3O4S. The molecule has 1 aromatic heterocycles. The summed E-state index contributed by atoms with van der Waals surface area (Å²) in [4.78, 5) is 14.7. The number of nitrogens with zero attached hydrogens (tertiary/aromatic N) is 2. The van der Waals surface area contributed by atoms with Gasteiger partial charge >= 0.3 is 0 Å². The number of carbonyl (C=O) groups excluding carboxylic acids is 1. The van der Waals surface area contributed by atoms with E-state index in [1.165, 1.54) is 38.4 Å². The van der Waals surface area contributed by atoms with Gasteiger partial charge in [-0.25, -0.2) is 12.7 Å². The van der Waals surface area contributed by atoms with Crippen LogP contribution in [-0.4, -0.2) is 58.3 Å². The van der Waals surface area contributed by atoms with E-state index in [1.54, 1.807) is 0 Å². The fourth-order valence-electron chi connectivity index (χ4n) is 2.98. The molecule has 1 amide bonds. The first kappa shape index (κ1) is 21.0. The predicted octanol–water partition coefficient (Wildman–Crippen LogP) is 2.72. The van der Waals surface area contributed by atoms with Crippen LogP contribution >= 0.6 is 0 Å². The Balaban J connectivity index is 1.72. The highest BCUT2D eigenvalue weighted by Crippen LogP contribution is 2.26. The molecule has 2 aromatic carbocycles. The molecule has 0 aliphatic rings. The summed E-state index contributed by atoms with van der Waals surface area (Å²) in [6, 6.07) is 15.5. The zero-order chi connectivity index (χ0) is 21.2. The van der Waals surface area contributed by atoms with Gasteiger partial charge in [-0.1, -0.05) is 18.2 Å². The van der Waals surface area contributed by atoms with Gasteiger partial charge in [-0.15, -0.1) is 0 Å². The first-order valence-corrected chi connectivity index (χ1v) is 10.6. The third kappa shape index (κ3) is 4.50. The highest BCUT2D eigenvalue weighted by atomic mass is 32.2. The number of fused-ring (bicyclic) bond motifs is 1. The van der Waals surface area contributed by atoms with E-state index in [1.807, 2.05) is 49.3 Å². The highest BCUT2D eigenvalue weighted by molar-refractivity contribution is 7.89. The molecule has 0 radical (unpaired) electrons. The maximum atomic E-state index is 12.5. The van der Waals surface area contributed by atoms with Crippen LogP contribution < -0.4 is 5.32 Å². The quantitative estimate of drug-likeness (QED) is 0.642. The molecule has 0 saturated carbocycles. The number of benzene rings is 2. The van der Waals surface area contributed by atoms with Crippen molar-refractivity contribution in [2.45, 2.75) is 10.9 Å². The molecule has 0 unspecified atom stereocenters. The molecule has 154 valence electrons. The molecule has 0 aliphatic carbocycles. The number of rotatable bonds is 7. The van der Waals surface area contributed by atoms with Gasteiger partial charge in [0.1, 0.15) is 11.3 Å². The number of para-hydroxylation sites is 1. The normalized spacial score (nSPS) is 13.2. The molecule has 1 N–H and O–H groups in total. The summed E-state index contributed by atoms with van der Waals surface area (Å²) < 4.78 is 31.4. The van der Waals surface area contributed by atoms with Gasteiger partial charge in [-0.3, -0.25) is 9.69 Å². The Kier molecular flexibility index (Phi) is 6.07. The van der Waals surface area contributed by atoms with Crippen molar-refractivity contribution in [3.05, 3.63) is 65.9 Å². The lowest BCUT2D eigenvalue weighted by Crippen LogP contribution is -2.34. The van der Waals surface area contributed by atoms with Gasteiger partial charge in [0.15, 0.2) is 0 Å². The Bertz CT molecular complexity index is 1070. The van der Waals surface area contributed by atoms with Crippen molar-refractivity contribution in [1.29, 1.82) is 0 Å². The Morgan fingerprint density at radius 3 is 2.28 bits per heavy atom. The average molecular weight is 416 g/mol. The van der Waals surface area contributed by atoms with Crippen molar-refractivity contribution in [2.75, 3.05) is 34.7 Å². The largest absolute Gasteiger partial charge is 0.459 e. The van der Waals surface area contributed by atoms with Gasteiger partial charge in [0.25, 0.3) is 5.91 Å². The second kappa shape index (κ2) is 8.36. The molecular weight excluding hydrogens is 390 g/mol. The van der Waals surface area contributed by atoms with Crippen molar-refractivity contribution >= 4 is 26.9 Å². The SMILES string of the molecule is CN(C)[C@H](CNC(=O)c1ccc(S(=O)(=O)N(C)C)cc1)c1cc2ccccc2o1. The molecule has 0 aliphatic heterocycles. The molecule has 3 rings (SSSR count). The van der Waals surface area contributed by atoms with Gasteiger partial charge in [-0.2, -0.15) is 0 Å². The van der Waals surface area contributed by atoms with Crippen LogP contribution in [0.2, 0.25) is 0 Å². The van der Waals surface area contributed by atoms with Gasteiger partial charge in [0, 0.05) is 31.6 Å². The van der Waals surface area contributed by atoms with Crippen molar-refractivity contribution in [1.82, 2.24) is 14.5 Å². The molecule has 1 atom stereocenters. The fraction of sp³-hybridized carbons (Fsp3) is 0.286. The number of hydrogen-bond donors (Lipinski definition) is 1. The molecule has 8 heteroatoms. The van der Waals surface area contributed by atoms with E-state index in [2.05, 4.69) is 5.32 Å². The Labute approximate surface area is 171 Å². The topological polar surface area (TPSA) is 82.9 Å². The molecule has 0 spiro atoms. The smallest absolute Gasteiger partial charge is 0.251 e. The minimum atomic E-state index is -3.52. The summed E-state index contributed by atoms with van der Waals surface area (Å²) in [5.74, 6) is 0.491. The zero-order valence-corrected chi connectivity index (χ0v) is 17.7. The average Bonchev–Trinajstić information content (AvgIpc) is 3.11. The van der Waals surface area contributed by atoms with E-state index in [4.69, 9.17) is 4.42 Å². The molecule has 7 nitrogen and oxygen atoms in total. The summed E-state index contributed by atoms with van der Waals surface area (Å²) in [6.07, 6.45) is 0. The summed E-state index contributed by atoms with van der Waals surface area (Å²) in [6.45, 7) is 0.351.